The fraction of sp³-hybridized carbons (Fsp3) is 0.538. The van der Waals surface area contributed by atoms with Gasteiger partial charge in [-0.2, -0.15) is 0 Å². The molecule has 0 heterocycles. The lowest BCUT2D eigenvalue weighted by Crippen LogP contribution is -2.07. The molecule has 0 fully saturated rings. The molecule has 1 rings (SSSR count). The maximum absolute atomic E-state index is 5.37. The van der Waals surface area contributed by atoms with E-state index in [4.69, 9.17) is 4.74 Å². The monoisotopic (exact) mass is 285 g/mol. The van der Waals surface area contributed by atoms with Crippen LogP contribution in [0.25, 0.3) is 0 Å². The second-order valence-electron chi connectivity index (χ2n) is 4.41. The van der Waals surface area contributed by atoms with Crippen molar-refractivity contribution in [2.45, 2.75) is 27.2 Å². The Bertz CT molecular complexity index is 350. The Balaban J connectivity index is 2.77. The van der Waals surface area contributed by atoms with Crippen molar-refractivity contribution in [3.05, 3.63) is 22.2 Å². The van der Waals surface area contributed by atoms with E-state index in [1.165, 1.54) is 12.0 Å². The molecule has 0 radical (unpaired) electrons. The lowest BCUT2D eigenvalue weighted by Gasteiger charge is -2.15. The van der Waals surface area contributed by atoms with Crippen molar-refractivity contribution < 1.29 is 4.74 Å². The summed E-state index contributed by atoms with van der Waals surface area (Å²) in [6.07, 6.45) is 1.17. The minimum Gasteiger partial charge on any atom is -0.495 e. The van der Waals surface area contributed by atoms with Crippen LogP contribution in [0.5, 0.6) is 5.75 Å². The van der Waals surface area contributed by atoms with Crippen LogP contribution in [0.3, 0.4) is 0 Å². The third-order valence-corrected chi connectivity index (χ3v) is 2.97. The summed E-state index contributed by atoms with van der Waals surface area (Å²) in [7, 11) is 1.70. The van der Waals surface area contributed by atoms with Gasteiger partial charge in [0.2, 0.25) is 0 Å². The van der Waals surface area contributed by atoms with Crippen LogP contribution in [-0.4, -0.2) is 13.7 Å². The largest absolute Gasteiger partial charge is 0.495 e. The van der Waals surface area contributed by atoms with Crippen molar-refractivity contribution in [2.75, 3.05) is 19.0 Å². The predicted octanol–water partition coefficient (Wildman–Crippen LogP) is 4.22. The molecule has 0 bridgehead atoms. The Morgan fingerprint density at radius 1 is 1.38 bits per heavy atom. The number of hydrogen-bond acceptors (Lipinski definition) is 2. The van der Waals surface area contributed by atoms with E-state index >= 15 is 0 Å². The van der Waals surface area contributed by atoms with Gasteiger partial charge in [0.15, 0.2) is 0 Å². The topological polar surface area (TPSA) is 21.3 Å². The van der Waals surface area contributed by atoms with Crippen LogP contribution in [0.4, 0.5) is 5.69 Å². The number of nitrogens with one attached hydrogen (secondary N) is 1. The van der Waals surface area contributed by atoms with Gasteiger partial charge < -0.3 is 10.1 Å². The van der Waals surface area contributed by atoms with Gasteiger partial charge in [-0.15, -0.1) is 0 Å². The fourth-order valence-electron chi connectivity index (χ4n) is 1.59. The van der Waals surface area contributed by atoms with E-state index in [1.54, 1.807) is 7.11 Å². The van der Waals surface area contributed by atoms with Crippen molar-refractivity contribution in [3.63, 3.8) is 0 Å². The lowest BCUT2D eigenvalue weighted by atomic mass is 10.1. The average molecular weight is 286 g/mol. The maximum Gasteiger partial charge on any atom is 0.143 e. The first-order chi connectivity index (χ1) is 7.54. The number of hydrogen-bond donors (Lipinski definition) is 1. The van der Waals surface area contributed by atoms with Crippen molar-refractivity contribution in [3.8, 4) is 5.75 Å². The molecule has 0 aliphatic heterocycles. The summed E-state index contributed by atoms with van der Waals surface area (Å²) in [5.41, 5.74) is 2.31. The molecular formula is C13H20BrNO. The van der Waals surface area contributed by atoms with Crippen LogP contribution in [0.15, 0.2) is 16.6 Å². The summed E-state index contributed by atoms with van der Waals surface area (Å²) in [6.45, 7) is 7.53. The van der Waals surface area contributed by atoms with Crippen LogP contribution in [-0.2, 0) is 0 Å². The zero-order chi connectivity index (χ0) is 12.1. The maximum atomic E-state index is 5.37. The molecule has 0 saturated carbocycles. The molecule has 0 atom stereocenters. The molecular weight excluding hydrogens is 266 g/mol. The van der Waals surface area contributed by atoms with Gasteiger partial charge in [0.25, 0.3) is 0 Å². The summed E-state index contributed by atoms with van der Waals surface area (Å²) >= 11 is 3.47. The fourth-order valence-corrected chi connectivity index (χ4v) is 2.14. The first kappa shape index (κ1) is 13.4. The summed E-state index contributed by atoms with van der Waals surface area (Å²) in [5.74, 6) is 1.62. The van der Waals surface area contributed by atoms with Crippen molar-refractivity contribution in [1.82, 2.24) is 0 Å². The molecule has 0 amide bonds. The minimum atomic E-state index is 0.717. The second kappa shape index (κ2) is 6.14. The Morgan fingerprint density at radius 3 is 2.62 bits per heavy atom. The number of anilines is 1. The van der Waals surface area contributed by atoms with E-state index in [0.29, 0.717) is 5.92 Å². The van der Waals surface area contributed by atoms with E-state index in [0.717, 1.165) is 22.5 Å². The molecule has 16 heavy (non-hydrogen) atoms. The third kappa shape index (κ3) is 3.71. The quantitative estimate of drug-likeness (QED) is 0.874. The number of rotatable bonds is 5. The second-order valence-corrected chi connectivity index (χ2v) is 5.32. The average Bonchev–Trinajstić information content (AvgIpc) is 2.20. The Hall–Kier alpha value is -0.700. The number of ether oxygens (including phenoxy) is 1. The van der Waals surface area contributed by atoms with Crippen LogP contribution >= 0.6 is 15.9 Å². The highest BCUT2D eigenvalue weighted by Crippen LogP contribution is 2.32. The number of methoxy groups -OCH3 is 1. The Kier molecular flexibility index (Phi) is 5.13. The summed E-state index contributed by atoms with van der Waals surface area (Å²) in [6, 6.07) is 4.09. The SMILES string of the molecule is COc1cc(Br)cc(C)c1NCCC(C)C. The van der Waals surface area contributed by atoms with E-state index in [1.807, 2.05) is 6.07 Å². The number of benzene rings is 1. The van der Waals surface area contributed by atoms with E-state index < -0.39 is 0 Å². The zero-order valence-corrected chi connectivity index (χ0v) is 12.0. The molecule has 0 aliphatic carbocycles. The molecule has 0 saturated heterocycles. The Morgan fingerprint density at radius 2 is 2.06 bits per heavy atom. The molecule has 0 aromatic heterocycles. The molecule has 0 spiro atoms. The molecule has 1 aromatic carbocycles. The molecule has 1 N–H and O–H groups in total. The normalized spacial score (nSPS) is 10.6. The smallest absolute Gasteiger partial charge is 0.143 e. The van der Waals surface area contributed by atoms with Crippen LogP contribution in [0, 0.1) is 12.8 Å². The van der Waals surface area contributed by atoms with E-state index in [9.17, 15) is 0 Å². The first-order valence-corrected chi connectivity index (χ1v) is 6.42. The van der Waals surface area contributed by atoms with Crippen LogP contribution in [0.2, 0.25) is 0 Å². The van der Waals surface area contributed by atoms with E-state index in [2.05, 4.69) is 48.1 Å². The molecule has 2 nitrogen and oxygen atoms in total. The summed E-state index contributed by atoms with van der Waals surface area (Å²) in [4.78, 5) is 0. The summed E-state index contributed by atoms with van der Waals surface area (Å²) in [5, 5.41) is 3.45. The highest BCUT2D eigenvalue weighted by atomic mass is 79.9. The van der Waals surface area contributed by atoms with Crippen molar-refractivity contribution >= 4 is 21.6 Å². The highest BCUT2D eigenvalue weighted by molar-refractivity contribution is 9.10. The van der Waals surface area contributed by atoms with Gasteiger partial charge in [0.1, 0.15) is 5.75 Å². The van der Waals surface area contributed by atoms with Crippen LogP contribution in [0.1, 0.15) is 25.8 Å². The first-order valence-electron chi connectivity index (χ1n) is 5.62. The number of halogens is 1. The Labute approximate surface area is 107 Å². The zero-order valence-electron chi connectivity index (χ0n) is 10.4. The standard InChI is InChI=1S/C13H20BrNO/c1-9(2)5-6-15-13-10(3)7-11(14)8-12(13)16-4/h7-9,15H,5-6H2,1-4H3. The van der Waals surface area contributed by atoms with Gasteiger partial charge in [-0.05, 0) is 37.0 Å². The van der Waals surface area contributed by atoms with Gasteiger partial charge in [-0.1, -0.05) is 29.8 Å². The number of aryl methyl sites for hydroxylation is 1. The highest BCUT2D eigenvalue weighted by Gasteiger charge is 2.07. The van der Waals surface area contributed by atoms with Gasteiger partial charge >= 0.3 is 0 Å². The predicted molar refractivity (Wildman–Crippen MR) is 73.4 cm³/mol. The summed E-state index contributed by atoms with van der Waals surface area (Å²) < 4.78 is 6.42. The van der Waals surface area contributed by atoms with Gasteiger partial charge in [-0.25, -0.2) is 0 Å². The van der Waals surface area contributed by atoms with Crippen LogP contribution < -0.4 is 10.1 Å². The molecule has 1 aromatic rings. The van der Waals surface area contributed by atoms with Crippen molar-refractivity contribution in [2.24, 2.45) is 5.92 Å². The van der Waals surface area contributed by atoms with Gasteiger partial charge in [0.05, 0.1) is 12.8 Å². The molecule has 0 unspecified atom stereocenters. The minimum absolute atomic E-state index is 0.717. The molecule has 90 valence electrons. The van der Waals surface area contributed by atoms with E-state index in [-0.39, 0.29) is 0 Å². The molecule has 0 aliphatic rings. The van der Waals surface area contributed by atoms with Gasteiger partial charge in [0, 0.05) is 11.0 Å². The third-order valence-electron chi connectivity index (χ3n) is 2.51. The van der Waals surface area contributed by atoms with Gasteiger partial charge in [-0.3, -0.25) is 0 Å². The van der Waals surface area contributed by atoms with Crippen molar-refractivity contribution in [1.29, 1.82) is 0 Å². The lowest BCUT2D eigenvalue weighted by molar-refractivity contribution is 0.415. The molecule has 3 heteroatoms.